The Morgan fingerprint density at radius 1 is 1.32 bits per heavy atom. The lowest BCUT2D eigenvalue weighted by Crippen LogP contribution is -2.37. The minimum absolute atomic E-state index is 0.100. The van der Waals surface area contributed by atoms with Gasteiger partial charge in [-0.1, -0.05) is 11.6 Å². The Hall–Kier alpha value is -3.30. The molecule has 2 fully saturated rings. The van der Waals surface area contributed by atoms with Gasteiger partial charge < -0.3 is 25.8 Å². The molecule has 2 unspecified atom stereocenters. The van der Waals surface area contributed by atoms with Crippen LogP contribution in [0.4, 0.5) is 5.69 Å². The van der Waals surface area contributed by atoms with Crippen molar-refractivity contribution >= 4 is 35.1 Å². The van der Waals surface area contributed by atoms with E-state index in [9.17, 15) is 9.90 Å². The lowest BCUT2D eigenvalue weighted by Gasteiger charge is -2.22. The van der Waals surface area contributed by atoms with Crippen molar-refractivity contribution in [2.24, 2.45) is 5.73 Å². The molecular weight excluding hydrogens is 458 g/mol. The Labute approximate surface area is 202 Å². The zero-order valence-corrected chi connectivity index (χ0v) is 19.8. The number of nitrogens with zero attached hydrogens (tertiary/aromatic N) is 3. The number of hydrogen-bond acceptors (Lipinski definition) is 6. The van der Waals surface area contributed by atoms with Crippen molar-refractivity contribution in [3.63, 3.8) is 0 Å². The predicted molar refractivity (Wildman–Crippen MR) is 129 cm³/mol. The van der Waals surface area contributed by atoms with Crippen LogP contribution in [0.3, 0.4) is 0 Å². The number of nitrogens with two attached hydrogens (primary N) is 1. The lowest BCUT2D eigenvalue weighted by atomic mass is 10.1. The van der Waals surface area contributed by atoms with Gasteiger partial charge in [-0.15, -0.1) is 0 Å². The van der Waals surface area contributed by atoms with Gasteiger partial charge in [0.2, 0.25) is 6.41 Å². The molecule has 0 spiro atoms. The van der Waals surface area contributed by atoms with E-state index in [4.69, 9.17) is 21.1 Å². The Kier molecular flexibility index (Phi) is 6.95. The molecule has 9 nitrogen and oxygen atoms in total. The monoisotopic (exact) mass is 485 g/mol. The first-order valence-corrected chi connectivity index (χ1v) is 11.6. The number of aliphatic hydroxyl groups is 1. The highest BCUT2D eigenvalue weighted by atomic mass is 35.5. The van der Waals surface area contributed by atoms with Gasteiger partial charge in [-0.05, 0) is 50.8 Å². The second-order valence-electron chi connectivity index (χ2n) is 8.55. The van der Waals surface area contributed by atoms with Crippen molar-refractivity contribution in [2.75, 3.05) is 11.9 Å². The number of benzene rings is 1. The molecule has 1 saturated heterocycles. The molecule has 1 aromatic carbocycles. The maximum Gasteiger partial charge on any atom is 0.256 e. The molecule has 4 N–H and O–H groups in total. The average Bonchev–Trinajstić information content (AvgIpc) is 3.48. The van der Waals surface area contributed by atoms with Gasteiger partial charge in [0, 0.05) is 30.9 Å². The number of ether oxygens (including phenoxy) is 1. The molecule has 5 rings (SSSR count). The summed E-state index contributed by atoms with van der Waals surface area (Å²) in [4.78, 5) is 23.5. The van der Waals surface area contributed by atoms with Gasteiger partial charge in [0.1, 0.15) is 11.3 Å². The Balaban J connectivity index is 0.000000868. The van der Waals surface area contributed by atoms with Crippen LogP contribution < -0.4 is 15.8 Å². The van der Waals surface area contributed by atoms with Gasteiger partial charge in [0.25, 0.3) is 5.91 Å². The first kappa shape index (κ1) is 23.8. The van der Waals surface area contributed by atoms with Crippen LogP contribution >= 0.6 is 11.6 Å². The van der Waals surface area contributed by atoms with Gasteiger partial charge in [-0.3, -0.25) is 9.59 Å². The quantitative estimate of drug-likeness (QED) is 0.476. The summed E-state index contributed by atoms with van der Waals surface area (Å²) < 4.78 is 7.81. The Morgan fingerprint density at radius 3 is 2.68 bits per heavy atom. The summed E-state index contributed by atoms with van der Waals surface area (Å²) in [6, 6.07) is 7.69. The third-order valence-corrected chi connectivity index (χ3v) is 6.51. The van der Waals surface area contributed by atoms with Crippen molar-refractivity contribution in [3.8, 4) is 11.5 Å². The summed E-state index contributed by atoms with van der Waals surface area (Å²) in [6.45, 7) is 4.31. The minimum atomic E-state index is -0.486. The molecular formula is C24H28ClN5O4. The molecule has 180 valence electrons. The van der Waals surface area contributed by atoms with E-state index in [-0.39, 0.29) is 18.4 Å². The number of aromatic nitrogens is 2. The van der Waals surface area contributed by atoms with E-state index >= 15 is 0 Å². The highest BCUT2D eigenvalue weighted by Gasteiger charge is 2.34. The van der Waals surface area contributed by atoms with E-state index < -0.39 is 6.10 Å². The third-order valence-electron chi connectivity index (χ3n) is 6.20. The standard InChI is InChI=1S/C23H25ClN4O3.CH3NO/c1-13-17(23(30)27-10-8-20(29)14(27)2)12-28-22(13)21(7-9-25-28)31-16-5-6-19(18(24)11-16)26-15-3-4-15;2-1-3/h5-7,9,11-12,14-15,20,26,29H,3-4,8,10H2,1-2H3;1H,(H2,2,3). The van der Waals surface area contributed by atoms with E-state index in [1.807, 2.05) is 26.0 Å². The number of aliphatic hydroxyl groups excluding tert-OH is 1. The SMILES string of the molecule is Cc1c(C(=O)N2CCC(O)C2C)cn2nccc(Oc3ccc(NC4CC4)c(Cl)c3)c12.NC=O. The number of anilines is 1. The normalized spacial score (nSPS) is 19.5. The number of hydrogen-bond donors (Lipinski definition) is 3. The van der Waals surface area contributed by atoms with Crippen LogP contribution in [0.1, 0.15) is 42.1 Å². The number of amides is 2. The topological polar surface area (TPSA) is 122 Å². The van der Waals surface area contributed by atoms with E-state index in [2.05, 4.69) is 16.1 Å². The molecule has 10 heteroatoms. The number of rotatable bonds is 5. The Bertz CT molecular complexity index is 1210. The fourth-order valence-electron chi connectivity index (χ4n) is 4.14. The number of halogens is 1. The highest BCUT2D eigenvalue weighted by molar-refractivity contribution is 6.33. The summed E-state index contributed by atoms with van der Waals surface area (Å²) in [7, 11) is 0. The second-order valence-corrected chi connectivity index (χ2v) is 8.96. The average molecular weight is 486 g/mol. The smallest absolute Gasteiger partial charge is 0.256 e. The van der Waals surface area contributed by atoms with Gasteiger partial charge in [-0.2, -0.15) is 5.10 Å². The van der Waals surface area contributed by atoms with Crippen LogP contribution in [-0.2, 0) is 4.79 Å². The fraction of sp³-hybridized carbons (Fsp3) is 0.375. The zero-order valence-electron chi connectivity index (χ0n) is 19.1. The molecule has 34 heavy (non-hydrogen) atoms. The number of aryl methyl sites for hydroxylation is 1. The van der Waals surface area contributed by atoms with Crippen molar-refractivity contribution < 1.29 is 19.4 Å². The molecule has 1 aliphatic heterocycles. The molecule has 3 aromatic rings. The van der Waals surface area contributed by atoms with E-state index in [0.717, 1.165) is 16.8 Å². The first-order chi connectivity index (χ1) is 16.3. The zero-order chi connectivity index (χ0) is 24.4. The largest absolute Gasteiger partial charge is 0.455 e. The molecule has 2 atom stereocenters. The first-order valence-electron chi connectivity index (χ1n) is 11.2. The summed E-state index contributed by atoms with van der Waals surface area (Å²) >= 11 is 6.43. The predicted octanol–water partition coefficient (Wildman–Crippen LogP) is 3.36. The third kappa shape index (κ3) is 4.80. The fourth-order valence-corrected chi connectivity index (χ4v) is 4.36. The molecule has 2 aromatic heterocycles. The summed E-state index contributed by atoms with van der Waals surface area (Å²) in [5.41, 5.74) is 7.16. The van der Waals surface area contributed by atoms with Crippen molar-refractivity contribution in [3.05, 3.63) is 52.8 Å². The molecule has 2 amide bonds. The number of nitrogens with one attached hydrogen (secondary N) is 1. The summed E-state index contributed by atoms with van der Waals surface area (Å²) in [5, 5.41) is 18.4. The van der Waals surface area contributed by atoms with Gasteiger partial charge in [0.05, 0.1) is 34.6 Å². The van der Waals surface area contributed by atoms with E-state index in [1.165, 1.54) is 12.8 Å². The van der Waals surface area contributed by atoms with Crippen LogP contribution in [0.2, 0.25) is 5.02 Å². The van der Waals surface area contributed by atoms with Crippen LogP contribution in [-0.4, -0.2) is 56.7 Å². The molecule has 2 aliphatic rings. The molecule has 0 bridgehead atoms. The molecule has 1 aliphatic carbocycles. The van der Waals surface area contributed by atoms with Crippen LogP contribution in [0.25, 0.3) is 5.52 Å². The Morgan fingerprint density at radius 2 is 2.06 bits per heavy atom. The molecule has 3 heterocycles. The van der Waals surface area contributed by atoms with Crippen LogP contribution in [0.15, 0.2) is 36.7 Å². The van der Waals surface area contributed by atoms with Crippen molar-refractivity contribution in [2.45, 2.75) is 51.3 Å². The van der Waals surface area contributed by atoms with Crippen molar-refractivity contribution in [1.82, 2.24) is 14.5 Å². The minimum Gasteiger partial charge on any atom is -0.455 e. The second kappa shape index (κ2) is 9.90. The van der Waals surface area contributed by atoms with Crippen LogP contribution in [0, 0.1) is 6.92 Å². The lowest BCUT2D eigenvalue weighted by molar-refractivity contribution is -0.106. The summed E-state index contributed by atoms with van der Waals surface area (Å²) in [6.07, 6.45) is 6.08. The van der Waals surface area contributed by atoms with Gasteiger partial charge in [-0.25, -0.2) is 4.52 Å². The highest BCUT2D eigenvalue weighted by Crippen LogP contribution is 2.35. The maximum atomic E-state index is 13.1. The molecule has 1 saturated carbocycles. The maximum absolute atomic E-state index is 13.1. The number of primary amides is 1. The van der Waals surface area contributed by atoms with E-state index in [0.29, 0.717) is 41.1 Å². The van der Waals surface area contributed by atoms with Crippen LogP contribution in [0.5, 0.6) is 11.5 Å². The number of likely N-dealkylation sites (tertiary alicyclic amines) is 1. The number of carbonyl (C=O) groups excluding carboxylic acids is 2. The van der Waals surface area contributed by atoms with E-state index in [1.54, 1.807) is 33.9 Å². The van der Waals surface area contributed by atoms with Crippen molar-refractivity contribution in [1.29, 1.82) is 0 Å². The van der Waals surface area contributed by atoms with Gasteiger partial charge in [0.15, 0.2) is 5.75 Å². The summed E-state index contributed by atoms with van der Waals surface area (Å²) in [5.74, 6) is 1.11. The number of carbonyl (C=O) groups is 2. The molecule has 0 radical (unpaired) electrons. The number of fused-ring (bicyclic) bond motifs is 1. The van der Waals surface area contributed by atoms with Gasteiger partial charge >= 0.3 is 0 Å².